The third-order valence-corrected chi connectivity index (χ3v) is 7.74. The van der Waals surface area contributed by atoms with Crippen molar-refractivity contribution in [3.05, 3.63) is 65.1 Å². The number of aliphatic hydroxyl groups is 1. The van der Waals surface area contributed by atoms with Gasteiger partial charge in [-0.3, -0.25) is 4.90 Å². The molecule has 0 spiro atoms. The second-order valence-corrected chi connectivity index (χ2v) is 10.9. The number of pyridine rings is 1. The van der Waals surface area contributed by atoms with Crippen molar-refractivity contribution in [2.24, 2.45) is 0 Å². The standard InChI is InChI=1S/C30H31F6N9O4/c1-4-21-13-23(25-22(6-7-24(39-25)48-3)45(21)28(47)49-5-2)43(16-17-10-19(29(31,32)33)12-20(11-17)30(34,35)36)27-37-14-18(15-38-27)26-40-42-44(41-26)8-9-46/h6-7,10-12,14-15,21,23,46H,4-5,8-9,13,16H2,1-3H3/t21-,23+/m1/s1. The largest absolute Gasteiger partial charge is 0.481 e. The fourth-order valence-corrected chi connectivity index (χ4v) is 5.50. The molecule has 1 aliphatic heterocycles. The lowest BCUT2D eigenvalue weighted by molar-refractivity contribution is -0.143. The van der Waals surface area contributed by atoms with E-state index in [9.17, 15) is 31.1 Å². The molecule has 13 nitrogen and oxygen atoms in total. The number of methoxy groups -OCH3 is 1. The Bertz CT molecular complexity index is 1740. The summed E-state index contributed by atoms with van der Waals surface area (Å²) in [6, 6.07) is 3.06. The van der Waals surface area contributed by atoms with Gasteiger partial charge in [0.25, 0.3) is 0 Å². The Labute approximate surface area is 275 Å². The van der Waals surface area contributed by atoms with E-state index in [4.69, 9.17) is 14.6 Å². The number of tetrazole rings is 1. The molecule has 19 heteroatoms. The zero-order valence-electron chi connectivity index (χ0n) is 26.4. The molecular weight excluding hydrogens is 664 g/mol. The number of nitrogens with zero attached hydrogens (tertiary/aromatic N) is 9. The van der Waals surface area contributed by atoms with Crippen LogP contribution in [0.15, 0.2) is 42.7 Å². The van der Waals surface area contributed by atoms with Crippen LogP contribution in [0.4, 0.5) is 42.8 Å². The highest BCUT2D eigenvalue weighted by molar-refractivity contribution is 5.90. The number of anilines is 2. The monoisotopic (exact) mass is 695 g/mol. The van der Waals surface area contributed by atoms with Gasteiger partial charge < -0.3 is 19.5 Å². The van der Waals surface area contributed by atoms with Gasteiger partial charge in [0.05, 0.1) is 61.0 Å². The predicted octanol–water partition coefficient (Wildman–Crippen LogP) is 5.46. The average Bonchev–Trinajstić information content (AvgIpc) is 3.54. The van der Waals surface area contributed by atoms with Crippen LogP contribution in [0.3, 0.4) is 0 Å². The van der Waals surface area contributed by atoms with Crippen molar-refractivity contribution in [3.63, 3.8) is 0 Å². The summed E-state index contributed by atoms with van der Waals surface area (Å²) in [5, 5.41) is 21.0. The minimum atomic E-state index is -5.07. The van der Waals surface area contributed by atoms with Crippen molar-refractivity contribution in [2.45, 2.75) is 64.2 Å². The molecule has 4 aromatic rings. The van der Waals surface area contributed by atoms with E-state index in [1.165, 1.54) is 35.4 Å². The van der Waals surface area contributed by atoms with E-state index in [-0.39, 0.29) is 61.2 Å². The number of rotatable bonds is 10. The summed E-state index contributed by atoms with van der Waals surface area (Å²) >= 11 is 0. The average molecular weight is 696 g/mol. The Morgan fingerprint density at radius 2 is 1.71 bits per heavy atom. The molecule has 4 heterocycles. The maximum Gasteiger partial charge on any atom is 0.416 e. The van der Waals surface area contributed by atoms with E-state index < -0.39 is 48.2 Å². The van der Waals surface area contributed by atoms with Crippen molar-refractivity contribution in [3.8, 4) is 17.3 Å². The molecule has 0 aliphatic carbocycles. The Balaban J connectivity index is 1.67. The number of benzene rings is 1. The molecule has 3 aromatic heterocycles. The van der Waals surface area contributed by atoms with Gasteiger partial charge >= 0.3 is 18.4 Å². The number of alkyl halides is 6. The Morgan fingerprint density at radius 3 is 2.29 bits per heavy atom. The molecule has 0 radical (unpaired) electrons. The van der Waals surface area contributed by atoms with Gasteiger partial charge in [0.2, 0.25) is 17.7 Å². The number of hydrogen-bond acceptors (Lipinski definition) is 11. The first kappa shape index (κ1) is 35.2. The van der Waals surface area contributed by atoms with Crippen molar-refractivity contribution in [1.82, 2.24) is 35.2 Å². The first-order valence-electron chi connectivity index (χ1n) is 15.0. The summed E-state index contributed by atoms with van der Waals surface area (Å²) in [5.41, 5.74) is -2.43. The number of carbonyl (C=O) groups is 1. The Morgan fingerprint density at radius 1 is 1.04 bits per heavy atom. The normalized spacial score (nSPS) is 16.3. The molecule has 1 amide bonds. The van der Waals surface area contributed by atoms with Gasteiger partial charge in [-0.2, -0.15) is 31.1 Å². The van der Waals surface area contributed by atoms with Crippen LogP contribution in [-0.2, 0) is 30.2 Å². The number of amides is 1. The lowest BCUT2D eigenvalue weighted by atomic mass is 9.92. The predicted molar refractivity (Wildman–Crippen MR) is 160 cm³/mol. The third kappa shape index (κ3) is 7.65. The summed E-state index contributed by atoms with van der Waals surface area (Å²) in [4.78, 5) is 30.6. The van der Waals surface area contributed by atoms with Gasteiger partial charge in [0.1, 0.15) is 0 Å². The molecule has 1 aromatic carbocycles. The van der Waals surface area contributed by atoms with E-state index >= 15 is 0 Å². The second kappa shape index (κ2) is 14.2. The summed E-state index contributed by atoms with van der Waals surface area (Å²) in [5.74, 6) is 0.191. The van der Waals surface area contributed by atoms with Gasteiger partial charge in [-0.15, -0.1) is 10.2 Å². The molecule has 0 saturated heterocycles. The summed E-state index contributed by atoms with van der Waals surface area (Å²) in [6.07, 6.45) is -7.61. The van der Waals surface area contributed by atoms with Gasteiger partial charge in [-0.1, -0.05) is 6.92 Å². The second-order valence-electron chi connectivity index (χ2n) is 10.9. The Kier molecular flexibility index (Phi) is 10.2. The van der Waals surface area contributed by atoms with E-state index in [0.29, 0.717) is 29.8 Å². The van der Waals surface area contributed by atoms with Crippen LogP contribution < -0.4 is 14.5 Å². The maximum absolute atomic E-state index is 13.9. The van der Waals surface area contributed by atoms with Crippen LogP contribution in [0.25, 0.3) is 11.4 Å². The maximum atomic E-state index is 13.9. The number of hydrogen-bond donors (Lipinski definition) is 1. The zero-order chi connectivity index (χ0) is 35.5. The first-order chi connectivity index (χ1) is 23.3. The number of aromatic nitrogens is 7. The van der Waals surface area contributed by atoms with E-state index in [1.807, 2.05) is 6.92 Å². The van der Waals surface area contributed by atoms with Gasteiger partial charge in [0.15, 0.2) is 0 Å². The van der Waals surface area contributed by atoms with E-state index in [2.05, 4.69) is 30.4 Å². The van der Waals surface area contributed by atoms with Crippen molar-refractivity contribution in [1.29, 1.82) is 0 Å². The smallest absolute Gasteiger partial charge is 0.416 e. The third-order valence-electron chi connectivity index (χ3n) is 7.74. The molecule has 1 aliphatic rings. The molecule has 1 N–H and O–H groups in total. The van der Waals surface area contributed by atoms with E-state index in [1.54, 1.807) is 13.0 Å². The minimum absolute atomic E-state index is 0.0583. The van der Waals surface area contributed by atoms with Crippen LogP contribution in [0.5, 0.6) is 5.88 Å². The summed E-state index contributed by atoms with van der Waals surface area (Å²) < 4.78 is 93.8. The zero-order valence-corrected chi connectivity index (χ0v) is 26.4. The number of ether oxygens (including phenoxy) is 2. The van der Waals surface area contributed by atoms with Crippen LogP contribution in [0.1, 0.15) is 55.1 Å². The first-order valence-corrected chi connectivity index (χ1v) is 15.0. The lowest BCUT2D eigenvalue weighted by Gasteiger charge is -2.43. The SMILES string of the molecule is CCOC(=O)N1c2ccc(OC)nc2[C@@H](N(Cc2cc(C(F)(F)F)cc(C(F)(F)F)c2)c2ncc(-c3nnn(CCO)n3)cn2)C[C@H]1CC. The quantitative estimate of drug-likeness (QED) is 0.211. The van der Waals surface area contributed by atoms with Gasteiger partial charge in [-0.05, 0) is 54.8 Å². The molecule has 0 saturated carbocycles. The number of fused-ring (bicyclic) bond motifs is 1. The van der Waals surface area contributed by atoms with Crippen LogP contribution in [-0.4, -0.2) is 72.7 Å². The van der Waals surface area contributed by atoms with Crippen LogP contribution in [0, 0.1) is 0 Å². The molecule has 0 bridgehead atoms. The van der Waals surface area contributed by atoms with E-state index in [0.717, 1.165) is 4.80 Å². The highest BCUT2D eigenvalue weighted by Gasteiger charge is 2.42. The fourth-order valence-electron chi connectivity index (χ4n) is 5.50. The molecule has 0 unspecified atom stereocenters. The summed E-state index contributed by atoms with van der Waals surface area (Å²) in [6.45, 7) is 2.88. The van der Waals surface area contributed by atoms with Gasteiger partial charge in [0, 0.05) is 31.0 Å². The summed E-state index contributed by atoms with van der Waals surface area (Å²) in [7, 11) is 1.37. The molecule has 49 heavy (non-hydrogen) atoms. The topological polar surface area (TPSA) is 145 Å². The minimum Gasteiger partial charge on any atom is -0.481 e. The highest BCUT2D eigenvalue weighted by atomic mass is 19.4. The Hall–Kier alpha value is -5.07. The molecule has 0 fully saturated rings. The van der Waals surface area contributed by atoms with Crippen molar-refractivity contribution < 1.29 is 45.7 Å². The lowest BCUT2D eigenvalue weighted by Crippen LogP contribution is -2.48. The molecule has 2 atom stereocenters. The van der Waals surface area contributed by atoms with Crippen molar-refractivity contribution in [2.75, 3.05) is 30.1 Å². The highest BCUT2D eigenvalue weighted by Crippen LogP contribution is 2.44. The number of aliphatic hydroxyl groups excluding tert-OH is 1. The van der Waals surface area contributed by atoms with Crippen molar-refractivity contribution >= 4 is 17.7 Å². The van der Waals surface area contributed by atoms with Gasteiger partial charge in [-0.25, -0.2) is 19.7 Å². The molecular formula is C30H31F6N9O4. The number of carbonyl (C=O) groups excluding carboxylic acids is 1. The molecule has 262 valence electrons. The molecule has 5 rings (SSSR count). The van der Waals surface area contributed by atoms with Crippen LogP contribution >= 0.6 is 0 Å². The fraction of sp³-hybridized carbons (Fsp3) is 0.433. The van der Waals surface area contributed by atoms with Crippen LogP contribution in [0.2, 0.25) is 0 Å². The number of halogens is 6.